The second kappa shape index (κ2) is 6.50. The zero-order valence-corrected chi connectivity index (χ0v) is 15.7. The number of nitrogens with zero attached hydrogens (tertiary/aromatic N) is 2. The largest absolute Gasteiger partial charge is 0.298 e. The average molecular weight is 361 g/mol. The van der Waals surface area contributed by atoms with Gasteiger partial charge in [0.1, 0.15) is 0 Å². The molecular weight excluding hydrogens is 342 g/mol. The summed E-state index contributed by atoms with van der Waals surface area (Å²) in [5.41, 5.74) is 4.64. The Morgan fingerprint density at radius 1 is 1.00 bits per heavy atom. The van der Waals surface area contributed by atoms with Gasteiger partial charge in [-0.05, 0) is 54.8 Å². The van der Waals surface area contributed by atoms with Crippen LogP contribution >= 0.6 is 11.3 Å². The van der Waals surface area contributed by atoms with Crippen molar-refractivity contribution in [3.8, 4) is 0 Å². The van der Waals surface area contributed by atoms with Crippen molar-refractivity contribution in [3.05, 3.63) is 65.4 Å². The number of rotatable bonds is 3. The first-order chi connectivity index (χ1) is 12.5. The van der Waals surface area contributed by atoms with Gasteiger partial charge in [0.15, 0.2) is 5.13 Å². The molecule has 0 saturated heterocycles. The van der Waals surface area contributed by atoms with Crippen LogP contribution in [0, 0.1) is 6.92 Å². The van der Waals surface area contributed by atoms with Crippen LogP contribution in [0.5, 0.6) is 0 Å². The number of benzene rings is 2. The van der Waals surface area contributed by atoms with Gasteiger partial charge in [-0.1, -0.05) is 37.3 Å². The first kappa shape index (κ1) is 16.7. The van der Waals surface area contributed by atoms with Crippen molar-refractivity contribution in [2.24, 2.45) is 0 Å². The highest BCUT2D eigenvalue weighted by atomic mass is 32.1. The van der Waals surface area contributed by atoms with E-state index < -0.39 is 0 Å². The lowest BCUT2D eigenvalue weighted by Gasteiger charge is -2.04. The first-order valence-electron chi connectivity index (χ1n) is 8.59. The number of pyridine rings is 1. The Kier molecular flexibility index (Phi) is 4.17. The molecule has 0 aliphatic heterocycles. The van der Waals surface area contributed by atoms with Gasteiger partial charge in [-0.15, -0.1) is 0 Å². The van der Waals surface area contributed by atoms with Crippen LogP contribution in [0.2, 0.25) is 0 Å². The maximum atomic E-state index is 12.6. The molecule has 0 bridgehead atoms. The molecule has 5 heteroatoms. The third kappa shape index (κ3) is 3.18. The van der Waals surface area contributed by atoms with Crippen LogP contribution in [0.3, 0.4) is 0 Å². The van der Waals surface area contributed by atoms with E-state index in [0.29, 0.717) is 16.6 Å². The molecule has 0 atom stereocenters. The Morgan fingerprint density at radius 2 is 1.81 bits per heavy atom. The minimum Gasteiger partial charge on any atom is -0.298 e. The summed E-state index contributed by atoms with van der Waals surface area (Å²) in [5, 5.41) is 4.49. The van der Waals surface area contributed by atoms with Crippen LogP contribution in [0.25, 0.3) is 21.1 Å². The first-order valence-corrected chi connectivity index (χ1v) is 9.40. The Morgan fingerprint density at radius 3 is 2.62 bits per heavy atom. The van der Waals surface area contributed by atoms with Gasteiger partial charge in [0, 0.05) is 16.6 Å². The molecule has 2 heterocycles. The Hall–Kier alpha value is -2.79. The number of anilines is 1. The fraction of sp³-hybridized carbons (Fsp3) is 0.190. The second-order valence-electron chi connectivity index (χ2n) is 6.72. The van der Waals surface area contributed by atoms with Gasteiger partial charge in [0.05, 0.1) is 15.7 Å². The molecule has 26 heavy (non-hydrogen) atoms. The zero-order chi connectivity index (χ0) is 18.3. The van der Waals surface area contributed by atoms with E-state index in [1.165, 1.54) is 16.9 Å². The number of aryl methyl sites for hydroxylation is 1. The van der Waals surface area contributed by atoms with Crippen molar-refractivity contribution in [3.63, 3.8) is 0 Å². The minimum absolute atomic E-state index is 0.157. The van der Waals surface area contributed by atoms with Crippen LogP contribution in [-0.4, -0.2) is 15.9 Å². The number of aromatic nitrogens is 2. The summed E-state index contributed by atoms with van der Waals surface area (Å²) in [6.07, 6.45) is 0. The number of nitrogens with one attached hydrogen (secondary N) is 1. The topological polar surface area (TPSA) is 54.9 Å². The van der Waals surface area contributed by atoms with Gasteiger partial charge in [0.25, 0.3) is 5.91 Å². The van der Waals surface area contributed by atoms with Crippen molar-refractivity contribution in [2.45, 2.75) is 26.7 Å². The van der Waals surface area contributed by atoms with Crippen LogP contribution in [0.15, 0.2) is 48.5 Å². The van der Waals surface area contributed by atoms with E-state index in [4.69, 9.17) is 0 Å². The lowest BCUT2D eigenvalue weighted by molar-refractivity contribution is 0.102. The molecule has 2 aromatic heterocycles. The summed E-state index contributed by atoms with van der Waals surface area (Å²) in [7, 11) is 0. The van der Waals surface area contributed by atoms with E-state index >= 15 is 0 Å². The standard InChI is InChI=1S/C21H19N3OS/c1-12(2)14-6-9-18-19(11-14)26-21(23-18)24-20(25)16-7-8-17-15(10-16)5-4-13(3)22-17/h4-12H,1-3H3,(H,23,24,25). The molecule has 0 radical (unpaired) electrons. The molecule has 4 rings (SSSR count). The van der Waals surface area contributed by atoms with Crippen molar-refractivity contribution >= 4 is 43.5 Å². The van der Waals surface area contributed by atoms with E-state index in [-0.39, 0.29) is 5.91 Å². The lowest BCUT2D eigenvalue weighted by Crippen LogP contribution is -2.11. The summed E-state index contributed by atoms with van der Waals surface area (Å²) >= 11 is 1.50. The van der Waals surface area contributed by atoms with Gasteiger partial charge in [0.2, 0.25) is 0 Å². The highest BCUT2D eigenvalue weighted by molar-refractivity contribution is 7.22. The normalized spacial score (nSPS) is 11.4. The number of fused-ring (bicyclic) bond motifs is 2. The molecule has 0 aliphatic rings. The lowest BCUT2D eigenvalue weighted by atomic mass is 10.0. The Balaban J connectivity index is 1.61. The van der Waals surface area contributed by atoms with Gasteiger partial charge in [-0.3, -0.25) is 15.1 Å². The quantitative estimate of drug-likeness (QED) is 0.522. The van der Waals surface area contributed by atoms with Crippen LogP contribution in [0.1, 0.15) is 41.4 Å². The fourth-order valence-electron chi connectivity index (χ4n) is 2.89. The third-order valence-corrected chi connectivity index (χ3v) is 5.32. The predicted octanol–water partition coefficient (Wildman–Crippen LogP) is 5.53. The Bertz CT molecular complexity index is 1130. The number of thiazole rings is 1. The average Bonchev–Trinajstić information content (AvgIpc) is 3.02. The summed E-state index contributed by atoms with van der Waals surface area (Å²) < 4.78 is 1.09. The number of carbonyl (C=O) groups is 1. The molecule has 0 aliphatic carbocycles. The minimum atomic E-state index is -0.157. The maximum absolute atomic E-state index is 12.6. The van der Waals surface area contributed by atoms with Crippen LogP contribution < -0.4 is 5.32 Å². The van der Waals surface area contributed by atoms with Gasteiger partial charge in [-0.25, -0.2) is 4.98 Å². The number of amides is 1. The van der Waals surface area contributed by atoms with Crippen molar-refractivity contribution in [1.29, 1.82) is 0 Å². The molecule has 1 N–H and O–H groups in total. The fourth-order valence-corrected chi connectivity index (χ4v) is 3.80. The molecule has 2 aromatic carbocycles. The van der Waals surface area contributed by atoms with E-state index in [2.05, 4.69) is 41.3 Å². The van der Waals surface area contributed by atoms with E-state index in [0.717, 1.165) is 26.8 Å². The molecule has 4 nitrogen and oxygen atoms in total. The molecular formula is C21H19N3OS. The van der Waals surface area contributed by atoms with Crippen LogP contribution in [-0.2, 0) is 0 Å². The highest BCUT2D eigenvalue weighted by Gasteiger charge is 2.12. The third-order valence-electron chi connectivity index (χ3n) is 4.39. The number of carbonyl (C=O) groups excluding carboxylic acids is 1. The van der Waals surface area contributed by atoms with E-state index in [1.54, 1.807) is 6.07 Å². The zero-order valence-electron chi connectivity index (χ0n) is 14.9. The smallest absolute Gasteiger partial charge is 0.257 e. The molecule has 0 spiro atoms. The van der Waals surface area contributed by atoms with Crippen molar-refractivity contribution in [1.82, 2.24) is 9.97 Å². The maximum Gasteiger partial charge on any atom is 0.257 e. The monoisotopic (exact) mass is 361 g/mol. The number of hydrogen-bond donors (Lipinski definition) is 1. The predicted molar refractivity (Wildman–Crippen MR) is 108 cm³/mol. The molecule has 4 aromatic rings. The summed E-state index contributed by atoms with van der Waals surface area (Å²) in [6, 6.07) is 15.7. The molecule has 0 unspecified atom stereocenters. The van der Waals surface area contributed by atoms with Crippen LogP contribution in [0.4, 0.5) is 5.13 Å². The highest BCUT2D eigenvalue weighted by Crippen LogP contribution is 2.29. The number of hydrogen-bond acceptors (Lipinski definition) is 4. The summed E-state index contributed by atoms with van der Waals surface area (Å²) in [6.45, 7) is 6.29. The second-order valence-corrected chi connectivity index (χ2v) is 7.75. The molecule has 1 amide bonds. The molecule has 0 fully saturated rings. The Labute approximate surface area is 155 Å². The van der Waals surface area contributed by atoms with E-state index in [9.17, 15) is 4.79 Å². The van der Waals surface area contributed by atoms with Gasteiger partial charge in [-0.2, -0.15) is 0 Å². The van der Waals surface area contributed by atoms with Gasteiger partial charge < -0.3 is 0 Å². The van der Waals surface area contributed by atoms with Gasteiger partial charge >= 0.3 is 0 Å². The van der Waals surface area contributed by atoms with Crippen molar-refractivity contribution in [2.75, 3.05) is 5.32 Å². The van der Waals surface area contributed by atoms with E-state index in [1.807, 2.05) is 37.3 Å². The van der Waals surface area contributed by atoms with Crippen molar-refractivity contribution < 1.29 is 4.79 Å². The SMILES string of the molecule is Cc1ccc2cc(C(=O)Nc3nc4ccc(C(C)C)cc4s3)ccc2n1. The molecule has 0 saturated carbocycles. The summed E-state index contributed by atoms with van der Waals surface area (Å²) in [4.78, 5) is 21.6. The summed E-state index contributed by atoms with van der Waals surface area (Å²) in [5.74, 6) is 0.310. The molecule has 130 valence electrons.